The lowest BCUT2D eigenvalue weighted by atomic mass is 10.2. The first-order valence-corrected chi connectivity index (χ1v) is 9.54. The van der Waals surface area contributed by atoms with Gasteiger partial charge in [0.05, 0.1) is 26.4 Å². The predicted molar refractivity (Wildman–Crippen MR) is 115 cm³/mol. The number of hydrogen-bond donors (Lipinski definition) is 2. The molecule has 6 nitrogen and oxygen atoms in total. The quantitative estimate of drug-likeness (QED) is 0.244. The van der Waals surface area contributed by atoms with Crippen molar-refractivity contribution in [3.05, 3.63) is 69.1 Å². The zero-order valence-electron chi connectivity index (χ0n) is 14.5. The van der Waals surface area contributed by atoms with Crippen molar-refractivity contribution in [3.63, 3.8) is 0 Å². The van der Waals surface area contributed by atoms with E-state index in [-0.39, 0.29) is 5.02 Å². The molecule has 2 rings (SSSR count). The number of hydrogen-bond acceptors (Lipinski definition) is 4. The highest BCUT2D eigenvalue weighted by molar-refractivity contribution is 9.10. The van der Waals surface area contributed by atoms with E-state index in [9.17, 15) is 9.59 Å². The molecule has 2 amide bonds. The van der Waals surface area contributed by atoms with Crippen LogP contribution in [0.1, 0.15) is 12.0 Å². The Morgan fingerprint density at radius 2 is 2.00 bits per heavy atom. The molecule has 0 unspecified atom stereocenters. The molecule has 2 aromatic carbocycles. The van der Waals surface area contributed by atoms with Gasteiger partial charge in [0.25, 0.3) is 0 Å². The Morgan fingerprint density at radius 3 is 2.71 bits per heavy atom. The third-order valence-electron chi connectivity index (χ3n) is 3.26. The van der Waals surface area contributed by atoms with Crippen molar-refractivity contribution in [1.82, 2.24) is 5.43 Å². The maximum absolute atomic E-state index is 11.9. The standard InChI is InChI=1S/C19H16BrCl2N3O3/c1-2-8-28-16-7-6-12(9-13(16)20)11-23-25-18(27)10-17(26)24-15-5-3-4-14(21)19(15)22/h2-7,9,11H,1,8,10H2,(H,24,26)(H,25,27). The number of hydrazone groups is 1. The molecule has 0 fully saturated rings. The summed E-state index contributed by atoms with van der Waals surface area (Å²) < 4.78 is 6.19. The maximum Gasteiger partial charge on any atom is 0.249 e. The summed E-state index contributed by atoms with van der Waals surface area (Å²) in [6.07, 6.45) is 2.68. The second-order valence-corrected chi connectivity index (χ2v) is 7.05. The summed E-state index contributed by atoms with van der Waals surface area (Å²) in [5.41, 5.74) is 3.36. The molecule has 0 saturated heterocycles. The molecule has 0 aliphatic carbocycles. The van der Waals surface area contributed by atoms with Crippen LogP contribution in [0.2, 0.25) is 10.0 Å². The van der Waals surface area contributed by atoms with Gasteiger partial charge in [0, 0.05) is 0 Å². The van der Waals surface area contributed by atoms with E-state index in [1.807, 2.05) is 0 Å². The molecule has 0 bridgehead atoms. The number of anilines is 1. The number of nitrogens with one attached hydrogen (secondary N) is 2. The zero-order chi connectivity index (χ0) is 20.5. The molecule has 0 aliphatic rings. The van der Waals surface area contributed by atoms with Crippen LogP contribution in [0.25, 0.3) is 0 Å². The number of amides is 2. The average molecular weight is 485 g/mol. The summed E-state index contributed by atoms with van der Waals surface area (Å²) in [4.78, 5) is 23.8. The molecule has 146 valence electrons. The molecule has 0 saturated carbocycles. The minimum atomic E-state index is -0.572. The predicted octanol–water partition coefficient (Wildman–Crippen LogP) is 4.80. The van der Waals surface area contributed by atoms with Gasteiger partial charge in [-0.3, -0.25) is 9.59 Å². The molecular weight excluding hydrogens is 469 g/mol. The van der Waals surface area contributed by atoms with Gasteiger partial charge in [-0.25, -0.2) is 5.43 Å². The monoisotopic (exact) mass is 483 g/mol. The fraction of sp³-hybridized carbons (Fsp3) is 0.105. The summed E-state index contributed by atoms with van der Waals surface area (Å²) in [7, 11) is 0. The van der Waals surface area contributed by atoms with Crippen LogP contribution in [0.3, 0.4) is 0 Å². The Morgan fingerprint density at radius 1 is 1.21 bits per heavy atom. The molecule has 0 radical (unpaired) electrons. The Hall–Kier alpha value is -2.35. The zero-order valence-corrected chi connectivity index (χ0v) is 17.6. The second kappa shape index (κ2) is 10.8. The molecule has 2 aromatic rings. The van der Waals surface area contributed by atoms with Crippen LogP contribution >= 0.6 is 39.1 Å². The molecule has 9 heteroatoms. The highest BCUT2D eigenvalue weighted by Gasteiger charge is 2.12. The van der Waals surface area contributed by atoms with E-state index < -0.39 is 18.2 Å². The van der Waals surface area contributed by atoms with Crippen LogP contribution in [0.4, 0.5) is 5.69 Å². The fourth-order valence-corrected chi connectivity index (χ4v) is 2.88. The fourth-order valence-electron chi connectivity index (χ4n) is 2.02. The van der Waals surface area contributed by atoms with Crippen molar-refractivity contribution in [2.75, 3.05) is 11.9 Å². The molecule has 0 aliphatic heterocycles. The van der Waals surface area contributed by atoms with Crippen molar-refractivity contribution in [3.8, 4) is 5.75 Å². The normalized spacial score (nSPS) is 10.5. The third kappa shape index (κ3) is 6.67. The first-order chi connectivity index (χ1) is 13.4. The number of halogens is 3. The van der Waals surface area contributed by atoms with E-state index in [0.29, 0.717) is 23.1 Å². The Bertz CT molecular complexity index is 919. The maximum atomic E-state index is 11.9. The molecule has 0 spiro atoms. The van der Waals surface area contributed by atoms with E-state index in [0.717, 1.165) is 10.0 Å². The number of ether oxygens (including phenoxy) is 1. The van der Waals surface area contributed by atoms with E-state index in [1.54, 1.807) is 42.5 Å². The number of rotatable bonds is 8. The first-order valence-electron chi connectivity index (χ1n) is 7.99. The van der Waals surface area contributed by atoms with Gasteiger partial charge in [0.2, 0.25) is 11.8 Å². The number of benzene rings is 2. The minimum absolute atomic E-state index is 0.210. The SMILES string of the molecule is C=CCOc1ccc(C=NNC(=O)CC(=O)Nc2cccc(Cl)c2Cl)cc1Br. The van der Waals surface area contributed by atoms with Gasteiger partial charge >= 0.3 is 0 Å². The summed E-state index contributed by atoms with van der Waals surface area (Å²) in [6, 6.07) is 10.1. The molecule has 0 heterocycles. The molecule has 28 heavy (non-hydrogen) atoms. The summed E-state index contributed by atoms with van der Waals surface area (Å²) in [5, 5.41) is 6.88. The smallest absolute Gasteiger partial charge is 0.249 e. The summed E-state index contributed by atoms with van der Waals surface area (Å²) in [6.45, 7) is 3.98. The molecule has 0 aromatic heterocycles. The number of carbonyl (C=O) groups is 2. The van der Waals surface area contributed by atoms with Gasteiger partial charge in [0.15, 0.2) is 0 Å². The van der Waals surface area contributed by atoms with Crippen LogP contribution < -0.4 is 15.5 Å². The summed E-state index contributed by atoms with van der Waals surface area (Å²) >= 11 is 15.3. The molecule has 0 atom stereocenters. The van der Waals surface area contributed by atoms with Gasteiger partial charge in [-0.15, -0.1) is 0 Å². The van der Waals surface area contributed by atoms with Crippen LogP contribution in [-0.2, 0) is 9.59 Å². The van der Waals surface area contributed by atoms with Gasteiger partial charge < -0.3 is 10.1 Å². The van der Waals surface area contributed by atoms with Crippen molar-refractivity contribution in [1.29, 1.82) is 0 Å². The van der Waals surface area contributed by atoms with E-state index in [4.69, 9.17) is 27.9 Å². The van der Waals surface area contributed by atoms with Crippen LogP contribution in [-0.4, -0.2) is 24.6 Å². The van der Waals surface area contributed by atoms with Crippen LogP contribution in [0, 0.1) is 0 Å². The average Bonchev–Trinajstić information content (AvgIpc) is 2.65. The van der Waals surface area contributed by atoms with Crippen molar-refractivity contribution >= 4 is 62.8 Å². The van der Waals surface area contributed by atoms with E-state index >= 15 is 0 Å². The van der Waals surface area contributed by atoms with Crippen molar-refractivity contribution in [2.24, 2.45) is 5.10 Å². The van der Waals surface area contributed by atoms with Gasteiger partial charge in [-0.1, -0.05) is 41.9 Å². The highest BCUT2D eigenvalue weighted by Crippen LogP contribution is 2.29. The Balaban J connectivity index is 1.86. The summed E-state index contributed by atoms with van der Waals surface area (Å²) in [5.74, 6) is -0.447. The lowest BCUT2D eigenvalue weighted by Gasteiger charge is -2.07. The van der Waals surface area contributed by atoms with Crippen LogP contribution in [0.5, 0.6) is 5.75 Å². The lowest BCUT2D eigenvalue weighted by molar-refractivity contribution is -0.126. The minimum Gasteiger partial charge on any atom is -0.488 e. The third-order valence-corrected chi connectivity index (χ3v) is 4.70. The topological polar surface area (TPSA) is 79.8 Å². The van der Waals surface area contributed by atoms with Gasteiger partial charge in [-0.2, -0.15) is 5.10 Å². The number of carbonyl (C=O) groups excluding carboxylic acids is 2. The molecular formula is C19H16BrCl2N3O3. The Labute approximate surface area is 180 Å². The lowest BCUT2D eigenvalue weighted by Crippen LogP contribution is -2.24. The highest BCUT2D eigenvalue weighted by atomic mass is 79.9. The second-order valence-electron chi connectivity index (χ2n) is 5.41. The first kappa shape index (κ1) is 21.9. The largest absolute Gasteiger partial charge is 0.488 e. The van der Waals surface area contributed by atoms with Gasteiger partial charge in [0.1, 0.15) is 18.8 Å². The van der Waals surface area contributed by atoms with Crippen molar-refractivity contribution < 1.29 is 14.3 Å². The molecule has 2 N–H and O–H groups in total. The van der Waals surface area contributed by atoms with E-state index in [2.05, 4.69) is 38.4 Å². The van der Waals surface area contributed by atoms with Crippen molar-refractivity contribution in [2.45, 2.75) is 6.42 Å². The van der Waals surface area contributed by atoms with Gasteiger partial charge in [-0.05, 0) is 51.8 Å². The Kier molecular flexibility index (Phi) is 8.50. The number of nitrogens with zero attached hydrogens (tertiary/aromatic N) is 1. The van der Waals surface area contributed by atoms with E-state index in [1.165, 1.54) is 6.21 Å². The van der Waals surface area contributed by atoms with Crippen LogP contribution in [0.15, 0.2) is 58.6 Å².